The maximum absolute atomic E-state index is 12.7. The largest absolute Gasteiger partial charge is 0.372 e. The second kappa shape index (κ2) is 7.95. The zero-order valence-corrected chi connectivity index (χ0v) is 16.6. The molecule has 1 amide bonds. The molecule has 5 nitrogen and oxygen atoms in total. The minimum Gasteiger partial charge on any atom is -0.372 e. The normalized spacial score (nSPS) is 13.5. The number of para-hydroxylation sites is 1. The first-order valence-electron chi connectivity index (χ1n) is 10.2. The van der Waals surface area contributed by atoms with Crippen LogP contribution in [0.5, 0.6) is 0 Å². The number of hydrogen-bond donors (Lipinski definition) is 1. The third kappa shape index (κ3) is 3.62. The molecule has 0 saturated carbocycles. The van der Waals surface area contributed by atoms with Gasteiger partial charge in [0, 0.05) is 35.9 Å². The van der Waals surface area contributed by atoms with Gasteiger partial charge in [0.25, 0.3) is 5.91 Å². The molecule has 0 radical (unpaired) electrons. The van der Waals surface area contributed by atoms with E-state index in [1.807, 2.05) is 18.2 Å². The highest BCUT2D eigenvalue weighted by molar-refractivity contribution is 6.05. The summed E-state index contributed by atoms with van der Waals surface area (Å²) in [5.74, 6) is -0.245. The van der Waals surface area contributed by atoms with E-state index in [9.17, 15) is 4.79 Å². The number of anilines is 2. The summed E-state index contributed by atoms with van der Waals surface area (Å²) in [6.07, 6.45) is 5.78. The number of fused-ring (bicyclic) bond motifs is 1. The number of carbonyl (C=O) groups excluding carboxylic acids is 1. The first-order chi connectivity index (χ1) is 14.8. The predicted molar refractivity (Wildman–Crippen MR) is 121 cm³/mol. The molecule has 1 saturated heterocycles. The van der Waals surface area contributed by atoms with Gasteiger partial charge in [-0.05, 0) is 48.7 Å². The fraction of sp³-hybridized carbons (Fsp3) is 0.160. The van der Waals surface area contributed by atoms with Crippen molar-refractivity contribution in [3.63, 3.8) is 0 Å². The van der Waals surface area contributed by atoms with Crippen LogP contribution in [-0.4, -0.2) is 29.0 Å². The second-order valence-electron chi connectivity index (χ2n) is 7.51. The quantitative estimate of drug-likeness (QED) is 0.520. The van der Waals surface area contributed by atoms with Crippen LogP contribution >= 0.6 is 0 Å². The molecule has 0 spiro atoms. The molecular weight excluding hydrogens is 372 g/mol. The predicted octanol–water partition coefficient (Wildman–Crippen LogP) is 5.15. The highest BCUT2D eigenvalue weighted by atomic mass is 16.1. The van der Waals surface area contributed by atoms with Crippen molar-refractivity contribution < 1.29 is 4.79 Å². The summed E-state index contributed by atoms with van der Waals surface area (Å²) in [4.78, 5) is 23.9. The molecule has 1 fully saturated rings. The summed E-state index contributed by atoms with van der Waals surface area (Å²) in [5, 5.41) is 3.87. The van der Waals surface area contributed by atoms with Gasteiger partial charge in [-0.15, -0.1) is 0 Å². The van der Waals surface area contributed by atoms with Crippen molar-refractivity contribution in [1.29, 1.82) is 0 Å². The fourth-order valence-electron chi connectivity index (χ4n) is 3.98. The highest BCUT2D eigenvalue weighted by Gasteiger charge is 2.15. The van der Waals surface area contributed by atoms with Crippen LogP contribution in [0.4, 0.5) is 11.4 Å². The van der Waals surface area contributed by atoms with Crippen molar-refractivity contribution >= 4 is 28.2 Å². The molecule has 5 heteroatoms. The molecule has 2 aromatic carbocycles. The second-order valence-corrected chi connectivity index (χ2v) is 7.51. The van der Waals surface area contributed by atoms with Gasteiger partial charge in [0.15, 0.2) is 0 Å². The van der Waals surface area contributed by atoms with Gasteiger partial charge in [-0.1, -0.05) is 36.4 Å². The molecule has 148 valence electrons. The molecule has 0 atom stereocenters. The molecular formula is C25H22N4O. The molecule has 1 aliphatic rings. The van der Waals surface area contributed by atoms with Crippen LogP contribution in [0.2, 0.25) is 0 Å². The van der Waals surface area contributed by atoms with Gasteiger partial charge in [0.05, 0.1) is 17.4 Å². The number of nitrogens with zero attached hydrogens (tertiary/aromatic N) is 3. The average Bonchev–Trinajstić information content (AvgIpc) is 3.34. The zero-order chi connectivity index (χ0) is 20.3. The van der Waals surface area contributed by atoms with E-state index >= 15 is 0 Å². The Kier molecular flexibility index (Phi) is 4.85. The Morgan fingerprint density at radius 2 is 1.80 bits per heavy atom. The lowest BCUT2D eigenvalue weighted by Crippen LogP contribution is -2.17. The van der Waals surface area contributed by atoms with Gasteiger partial charge in [0.2, 0.25) is 0 Å². The van der Waals surface area contributed by atoms with E-state index in [0.717, 1.165) is 35.1 Å². The molecule has 2 aromatic heterocycles. The molecule has 0 unspecified atom stereocenters. The molecule has 5 rings (SSSR count). The van der Waals surface area contributed by atoms with Crippen molar-refractivity contribution in [1.82, 2.24) is 9.97 Å². The van der Waals surface area contributed by atoms with Crippen LogP contribution in [0.1, 0.15) is 23.3 Å². The van der Waals surface area contributed by atoms with Crippen molar-refractivity contribution in [3.05, 3.63) is 84.8 Å². The average molecular weight is 394 g/mol. The summed E-state index contributed by atoms with van der Waals surface area (Å²) in [6.45, 7) is 2.21. The van der Waals surface area contributed by atoms with Gasteiger partial charge in [-0.2, -0.15) is 0 Å². The maximum atomic E-state index is 12.7. The topological polar surface area (TPSA) is 58.1 Å². The van der Waals surface area contributed by atoms with Crippen molar-refractivity contribution in [2.24, 2.45) is 0 Å². The number of hydrogen-bond acceptors (Lipinski definition) is 4. The summed E-state index contributed by atoms with van der Waals surface area (Å²) >= 11 is 0. The number of benzene rings is 2. The monoisotopic (exact) mass is 394 g/mol. The molecule has 3 heterocycles. The van der Waals surface area contributed by atoms with Crippen LogP contribution in [-0.2, 0) is 0 Å². The van der Waals surface area contributed by atoms with Gasteiger partial charge < -0.3 is 10.2 Å². The lowest BCUT2D eigenvalue weighted by Gasteiger charge is -2.18. The molecule has 4 aromatic rings. The third-order valence-electron chi connectivity index (χ3n) is 5.50. The number of aromatic nitrogens is 2. The van der Waals surface area contributed by atoms with Crippen LogP contribution in [0, 0.1) is 0 Å². The minimum atomic E-state index is -0.245. The van der Waals surface area contributed by atoms with E-state index in [0.29, 0.717) is 11.4 Å². The first kappa shape index (κ1) is 18.3. The van der Waals surface area contributed by atoms with E-state index in [1.54, 1.807) is 30.6 Å². The lowest BCUT2D eigenvalue weighted by molar-refractivity contribution is 0.102. The van der Waals surface area contributed by atoms with E-state index in [4.69, 9.17) is 4.98 Å². The maximum Gasteiger partial charge on any atom is 0.274 e. The van der Waals surface area contributed by atoms with Crippen molar-refractivity contribution in [2.75, 3.05) is 23.3 Å². The van der Waals surface area contributed by atoms with E-state index in [-0.39, 0.29) is 5.91 Å². The Bertz CT molecular complexity index is 1200. The summed E-state index contributed by atoms with van der Waals surface area (Å²) in [5.41, 5.74) is 5.25. The minimum absolute atomic E-state index is 0.245. The summed E-state index contributed by atoms with van der Waals surface area (Å²) in [6, 6.07) is 22.0. The van der Waals surface area contributed by atoms with Crippen LogP contribution in [0.25, 0.3) is 22.0 Å². The smallest absolute Gasteiger partial charge is 0.274 e. The Balaban J connectivity index is 1.52. The summed E-state index contributed by atoms with van der Waals surface area (Å²) in [7, 11) is 0. The van der Waals surface area contributed by atoms with Crippen LogP contribution in [0.15, 0.2) is 79.1 Å². The highest BCUT2D eigenvalue weighted by Crippen LogP contribution is 2.31. The zero-order valence-electron chi connectivity index (χ0n) is 16.6. The Hall–Kier alpha value is -3.73. The standard InChI is InChI=1S/C25H22N4O/c30-25(27-20-8-5-13-26-17-20)23-12-11-18-6-4-10-22(24(18)28-23)19-7-3-9-21(16-19)29-14-1-2-15-29/h3-13,16-17H,1-2,14-15H2,(H,27,30). The molecule has 0 aliphatic carbocycles. The van der Waals surface area contributed by atoms with Crippen LogP contribution < -0.4 is 10.2 Å². The number of rotatable bonds is 4. The van der Waals surface area contributed by atoms with Gasteiger partial charge in [0.1, 0.15) is 5.69 Å². The molecule has 1 aliphatic heterocycles. The Morgan fingerprint density at radius 1 is 0.933 bits per heavy atom. The van der Waals surface area contributed by atoms with Crippen LogP contribution in [0.3, 0.4) is 0 Å². The Labute approximate surface area is 175 Å². The molecule has 30 heavy (non-hydrogen) atoms. The number of nitrogens with one attached hydrogen (secondary N) is 1. The lowest BCUT2D eigenvalue weighted by atomic mass is 10.0. The number of carbonyl (C=O) groups is 1. The number of amides is 1. The third-order valence-corrected chi connectivity index (χ3v) is 5.50. The van der Waals surface area contributed by atoms with E-state index in [1.165, 1.54) is 18.5 Å². The van der Waals surface area contributed by atoms with E-state index in [2.05, 4.69) is 45.5 Å². The van der Waals surface area contributed by atoms with Gasteiger partial charge in [-0.3, -0.25) is 9.78 Å². The van der Waals surface area contributed by atoms with Crippen molar-refractivity contribution in [2.45, 2.75) is 12.8 Å². The number of pyridine rings is 2. The van der Waals surface area contributed by atoms with Gasteiger partial charge in [-0.25, -0.2) is 4.98 Å². The fourth-order valence-corrected chi connectivity index (χ4v) is 3.98. The van der Waals surface area contributed by atoms with Crippen molar-refractivity contribution in [3.8, 4) is 11.1 Å². The SMILES string of the molecule is O=C(Nc1cccnc1)c1ccc2cccc(-c3cccc(N4CCCC4)c3)c2n1. The first-order valence-corrected chi connectivity index (χ1v) is 10.2. The van der Waals surface area contributed by atoms with Gasteiger partial charge >= 0.3 is 0 Å². The van der Waals surface area contributed by atoms with E-state index < -0.39 is 0 Å². The summed E-state index contributed by atoms with van der Waals surface area (Å²) < 4.78 is 0. The molecule has 1 N–H and O–H groups in total. The molecule has 0 bridgehead atoms. The Morgan fingerprint density at radius 3 is 2.63 bits per heavy atom.